The molecule has 0 atom stereocenters. The van der Waals surface area contributed by atoms with Gasteiger partial charge < -0.3 is 0 Å². The molecule has 1 saturated heterocycles. The molecule has 0 aliphatic carbocycles. The van der Waals surface area contributed by atoms with Crippen molar-refractivity contribution in [3.63, 3.8) is 0 Å². The van der Waals surface area contributed by atoms with Gasteiger partial charge in [0.15, 0.2) is 0 Å². The van der Waals surface area contributed by atoms with E-state index in [2.05, 4.69) is 45.1 Å². The van der Waals surface area contributed by atoms with Crippen molar-refractivity contribution in [1.29, 1.82) is 0 Å². The fourth-order valence-electron chi connectivity index (χ4n) is 5.31. The molecular formula is C30H58BrN4O9P3. The zero-order valence-corrected chi connectivity index (χ0v) is 33.5. The highest BCUT2D eigenvalue weighted by molar-refractivity contribution is 9.08. The Morgan fingerprint density at radius 1 is 0.511 bits per heavy atom. The Hall–Kier alpha value is -0.0100. The summed E-state index contributed by atoms with van der Waals surface area (Å²) in [6.45, 7) is 15.9. The predicted octanol–water partition coefficient (Wildman–Crippen LogP) is 7.63. The van der Waals surface area contributed by atoms with Gasteiger partial charge in [0.1, 0.15) is 0 Å². The van der Waals surface area contributed by atoms with Gasteiger partial charge in [0.2, 0.25) is 0 Å². The zero-order chi connectivity index (χ0) is 34.8. The van der Waals surface area contributed by atoms with Gasteiger partial charge in [-0.25, -0.2) is 27.7 Å². The highest BCUT2D eigenvalue weighted by Gasteiger charge is 2.38. The average Bonchev–Trinajstić information content (AvgIpc) is 3.03. The lowest BCUT2D eigenvalue weighted by Crippen LogP contribution is -2.40. The van der Waals surface area contributed by atoms with Gasteiger partial charge in [0, 0.05) is 57.7 Å². The second-order valence-electron chi connectivity index (χ2n) is 10.7. The topological polar surface area (TPSA) is 120 Å². The Labute approximate surface area is 291 Å². The van der Waals surface area contributed by atoms with Crippen molar-refractivity contribution in [3.05, 3.63) is 35.4 Å². The van der Waals surface area contributed by atoms with Crippen LogP contribution in [0.1, 0.15) is 65.5 Å². The van der Waals surface area contributed by atoms with Crippen LogP contribution in [0.3, 0.4) is 0 Å². The van der Waals surface area contributed by atoms with E-state index in [1.807, 2.05) is 0 Å². The van der Waals surface area contributed by atoms with Crippen molar-refractivity contribution < 1.29 is 40.8 Å². The van der Waals surface area contributed by atoms with Crippen LogP contribution in [0.2, 0.25) is 0 Å². The monoisotopic (exact) mass is 790 g/mol. The molecule has 0 N–H and O–H groups in total. The second-order valence-corrected chi connectivity index (χ2v) is 17.3. The van der Waals surface area contributed by atoms with E-state index in [9.17, 15) is 13.7 Å². The van der Waals surface area contributed by atoms with E-state index in [1.54, 1.807) is 55.6 Å². The van der Waals surface area contributed by atoms with Gasteiger partial charge in [-0.1, -0.05) is 40.2 Å². The molecule has 0 unspecified atom stereocenters. The smallest absolute Gasteiger partial charge is 0.298 e. The molecule has 17 heteroatoms. The molecule has 0 spiro atoms. The molecule has 2 rings (SSSR count). The van der Waals surface area contributed by atoms with Crippen molar-refractivity contribution in [2.45, 2.75) is 66.3 Å². The van der Waals surface area contributed by atoms with Crippen molar-refractivity contribution in [1.82, 2.24) is 18.9 Å². The third kappa shape index (κ3) is 13.9. The summed E-state index contributed by atoms with van der Waals surface area (Å²) in [5.74, 6) is 0. The quantitative estimate of drug-likeness (QED) is 0.107. The van der Waals surface area contributed by atoms with Crippen molar-refractivity contribution in [3.8, 4) is 0 Å². The summed E-state index contributed by atoms with van der Waals surface area (Å²) in [4.78, 5) is 2.30. The highest BCUT2D eigenvalue weighted by Crippen LogP contribution is 2.55. The summed E-state index contributed by atoms with van der Waals surface area (Å²) in [7, 11) is -10.9. The first kappa shape index (κ1) is 43.2. The van der Waals surface area contributed by atoms with Gasteiger partial charge in [0.25, 0.3) is 0 Å². The zero-order valence-electron chi connectivity index (χ0n) is 29.2. The molecule has 47 heavy (non-hydrogen) atoms. The Bertz CT molecular complexity index is 1120. The van der Waals surface area contributed by atoms with Gasteiger partial charge >= 0.3 is 23.2 Å². The number of rotatable bonds is 18. The number of halogens is 1. The largest absolute Gasteiger partial charge is 0.408 e. The van der Waals surface area contributed by atoms with Gasteiger partial charge in [-0.05, 0) is 72.1 Å². The highest BCUT2D eigenvalue weighted by atomic mass is 79.9. The van der Waals surface area contributed by atoms with Crippen LogP contribution in [0.4, 0.5) is 0 Å². The standard InChI is InChI=1S/C30H58BrN4O9P3/c1-7-39-45(36,40-8-2)33-21-14-22-35(47(38,43-11-5)44-12-6)26-25-34(46(37,41-9-3)42-10-4)20-13-19-32(23-24-33)28-30-17-15-29(27-31)16-18-30/h15-18H,7-14,19-28H2,1-6H3. The lowest BCUT2D eigenvalue weighted by molar-refractivity contribution is 0.134. The molecule has 0 amide bonds. The molecule has 1 aromatic carbocycles. The fraction of sp³-hybridized carbons (Fsp3) is 0.800. The molecule has 0 saturated carbocycles. The Balaban J connectivity index is 2.51. The molecule has 0 bridgehead atoms. The molecule has 0 radical (unpaired) electrons. The fourth-order valence-corrected chi connectivity index (χ4v) is 11.0. The van der Waals surface area contributed by atoms with Gasteiger partial charge in [0.05, 0.1) is 39.6 Å². The van der Waals surface area contributed by atoms with E-state index in [-0.39, 0.29) is 52.7 Å². The summed E-state index contributed by atoms with van der Waals surface area (Å²) >= 11 is 3.52. The summed E-state index contributed by atoms with van der Waals surface area (Å²) in [6, 6.07) is 8.46. The van der Waals surface area contributed by atoms with Crippen molar-refractivity contribution >= 4 is 39.2 Å². The number of hydrogen-bond donors (Lipinski definition) is 0. The number of nitrogens with zero attached hydrogens (tertiary/aromatic N) is 4. The molecule has 1 fully saturated rings. The Morgan fingerprint density at radius 3 is 1.17 bits per heavy atom. The number of benzene rings is 1. The maximum absolute atomic E-state index is 14.1. The van der Waals surface area contributed by atoms with Crippen molar-refractivity contribution in [2.75, 3.05) is 92.0 Å². The number of alkyl halides is 1. The summed E-state index contributed by atoms with van der Waals surface area (Å²) < 4.78 is 82.0. The summed E-state index contributed by atoms with van der Waals surface area (Å²) in [6.07, 6.45) is 1.11. The van der Waals surface area contributed by atoms with E-state index >= 15 is 0 Å². The van der Waals surface area contributed by atoms with E-state index in [0.29, 0.717) is 58.7 Å². The lowest BCUT2D eigenvalue weighted by Gasteiger charge is -2.36. The van der Waals surface area contributed by atoms with Gasteiger partial charge in [-0.2, -0.15) is 0 Å². The summed E-state index contributed by atoms with van der Waals surface area (Å²) in [5, 5.41) is 0.785. The Kier molecular flexibility index (Phi) is 20.9. The van der Waals surface area contributed by atoms with Crippen LogP contribution in [-0.4, -0.2) is 111 Å². The lowest BCUT2D eigenvalue weighted by atomic mass is 10.1. The molecule has 1 aromatic rings. The van der Waals surface area contributed by atoms with Crippen molar-refractivity contribution in [2.24, 2.45) is 0 Å². The average molecular weight is 792 g/mol. The van der Waals surface area contributed by atoms with E-state index in [1.165, 1.54) is 5.56 Å². The first-order chi connectivity index (χ1) is 22.6. The van der Waals surface area contributed by atoms with E-state index in [4.69, 9.17) is 27.1 Å². The predicted molar refractivity (Wildman–Crippen MR) is 191 cm³/mol. The maximum Gasteiger partial charge on any atom is 0.408 e. The van der Waals surface area contributed by atoms with Crippen LogP contribution in [0.25, 0.3) is 0 Å². The van der Waals surface area contributed by atoms with Gasteiger partial charge in [-0.3, -0.25) is 32.0 Å². The number of hydrogen-bond acceptors (Lipinski definition) is 10. The Morgan fingerprint density at radius 2 is 0.830 bits per heavy atom. The van der Waals surface area contributed by atoms with Crippen LogP contribution < -0.4 is 0 Å². The molecule has 1 heterocycles. The molecule has 13 nitrogen and oxygen atoms in total. The SMILES string of the molecule is CCOP(=O)(OCC)N1CCCN(P(=O)(OCC)OCC)CCN(P(=O)(OCC)OCC)CCCN(Cc2ccc(CBr)cc2)CC1. The summed E-state index contributed by atoms with van der Waals surface area (Å²) in [5.41, 5.74) is 2.35. The molecule has 1 aliphatic rings. The third-order valence-electron chi connectivity index (χ3n) is 7.39. The van der Waals surface area contributed by atoms with Crippen LogP contribution >= 0.6 is 39.2 Å². The van der Waals surface area contributed by atoms with E-state index in [0.717, 1.165) is 10.9 Å². The normalized spacial score (nSPS) is 18.4. The first-order valence-corrected chi connectivity index (χ1v) is 22.5. The molecule has 1 aliphatic heterocycles. The first-order valence-electron chi connectivity index (χ1n) is 16.9. The van der Waals surface area contributed by atoms with Crippen LogP contribution in [0.5, 0.6) is 0 Å². The third-order valence-corrected chi connectivity index (χ3v) is 14.8. The minimum atomic E-state index is -3.70. The second kappa shape index (κ2) is 22.7. The molecule has 0 aromatic heterocycles. The molecule has 274 valence electrons. The van der Waals surface area contributed by atoms with Crippen LogP contribution in [0.15, 0.2) is 24.3 Å². The van der Waals surface area contributed by atoms with E-state index < -0.39 is 23.2 Å². The maximum atomic E-state index is 14.1. The molecular weight excluding hydrogens is 733 g/mol. The van der Waals surface area contributed by atoms with Gasteiger partial charge in [-0.15, -0.1) is 0 Å². The minimum absolute atomic E-state index is 0.193. The minimum Gasteiger partial charge on any atom is -0.298 e. The van der Waals surface area contributed by atoms with Crippen LogP contribution in [-0.2, 0) is 52.7 Å². The van der Waals surface area contributed by atoms with Crippen LogP contribution in [0, 0.1) is 0 Å².